The zero-order valence-electron chi connectivity index (χ0n) is 11.1. The number of nitrogens with one attached hydrogen (secondary N) is 1. The molecule has 3 heteroatoms. The lowest BCUT2D eigenvalue weighted by atomic mass is 10.1. The molecular formula is C16H17BrFN. The second-order valence-electron chi connectivity index (χ2n) is 4.59. The van der Waals surface area contributed by atoms with E-state index < -0.39 is 0 Å². The summed E-state index contributed by atoms with van der Waals surface area (Å²) in [6.45, 7) is 4.63. The first-order valence-electron chi connectivity index (χ1n) is 6.37. The van der Waals surface area contributed by atoms with Gasteiger partial charge in [0.2, 0.25) is 0 Å². The minimum atomic E-state index is -0.151. The summed E-state index contributed by atoms with van der Waals surface area (Å²) in [5.74, 6) is -0.151. The summed E-state index contributed by atoms with van der Waals surface area (Å²) in [4.78, 5) is 0. The summed E-state index contributed by atoms with van der Waals surface area (Å²) in [5, 5.41) is 3.41. The molecule has 100 valence electrons. The summed E-state index contributed by atoms with van der Waals surface area (Å²) < 4.78 is 14.3. The highest BCUT2D eigenvalue weighted by Gasteiger charge is 2.03. The Morgan fingerprint density at radius 1 is 1.16 bits per heavy atom. The topological polar surface area (TPSA) is 12.0 Å². The van der Waals surface area contributed by atoms with Crippen LogP contribution < -0.4 is 5.32 Å². The predicted octanol–water partition coefficient (Wildman–Crippen LogP) is 5.07. The highest BCUT2D eigenvalue weighted by atomic mass is 79.9. The first-order valence-corrected chi connectivity index (χ1v) is 7.16. The van der Waals surface area contributed by atoms with Crippen molar-refractivity contribution >= 4 is 21.6 Å². The third-order valence-electron chi connectivity index (χ3n) is 3.15. The molecule has 0 saturated carbocycles. The zero-order valence-corrected chi connectivity index (χ0v) is 12.7. The van der Waals surface area contributed by atoms with Crippen LogP contribution >= 0.6 is 15.9 Å². The van der Waals surface area contributed by atoms with Gasteiger partial charge in [-0.3, -0.25) is 0 Å². The van der Waals surface area contributed by atoms with Crippen molar-refractivity contribution in [2.75, 3.05) is 5.32 Å². The van der Waals surface area contributed by atoms with Crippen molar-refractivity contribution in [3.8, 4) is 0 Å². The molecule has 0 aromatic heterocycles. The van der Waals surface area contributed by atoms with E-state index in [0.717, 1.165) is 22.1 Å². The molecule has 0 spiro atoms. The Kier molecular flexibility index (Phi) is 4.59. The van der Waals surface area contributed by atoms with Gasteiger partial charge < -0.3 is 5.32 Å². The summed E-state index contributed by atoms with van der Waals surface area (Å²) in [5.41, 5.74) is 4.18. The van der Waals surface area contributed by atoms with Gasteiger partial charge in [0, 0.05) is 16.7 Å². The van der Waals surface area contributed by atoms with Crippen LogP contribution in [0, 0.1) is 12.7 Å². The lowest BCUT2D eigenvalue weighted by molar-refractivity contribution is 0.617. The molecule has 0 bridgehead atoms. The maximum absolute atomic E-state index is 13.2. The van der Waals surface area contributed by atoms with E-state index in [2.05, 4.69) is 40.3 Å². The van der Waals surface area contributed by atoms with Crippen LogP contribution in [-0.2, 0) is 13.0 Å². The largest absolute Gasteiger partial charge is 0.381 e. The van der Waals surface area contributed by atoms with E-state index in [1.54, 1.807) is 6.92 Å². The molecule has 0 unspecified atom stereocenters. The van der Waals surface area contributed by atoms with Crippen molar-refractivity contribution in [2.45, 2.75) is 26.8 Å². The van der Waals surface area contributed by atoms with Gasteiger partial charge in [-0.25, -0.2) is 4.39 Å². The number of hydrogen-bond acceptors (Lipinski definition) is 1. The number of anilines is 1. The van der Waals surface area contributed by atoms with Gasteiger partial charge in [0.25, 0.3) is 0 Å². The van der Waals surface area contributed by atoms with Crippen LogP contribution in [0.15, 0.2) is 40.9 Å². The van der Waals surface area contributed by atoms with Crippen molar-refractivity contribution in [1.29, 1.82) is 0 Å². The summed E-state index contributed by atoms with van der Waals surface area (Å²) in [7, 11) is 0. The first kappa shape index (κ1) is 14.1. The third kappa shape index (κ3) is 3.57. The van der Waals surface area contributed by atoms with Gasteiger partial charge in [-0.1, -0.05) is 35.0 Å². The normalized spacial score (nSPS) is 10.5. The van der Waals surface area contributed by atoms with Crippen LogP contribution in [0.5, 0.6) is 0 Å². The Balaban J connectivity index is 2.12. The summed E-state index contributed by atoms with van der Waals surface area (Å²) in [6, 6.07) is 11.4. The number of aryl methyl sites for hydroxylation is 2. The molecular weight excluding hydrogens is 305 g/mol. The maximum atomic E-state index is 13.2. The second kappa shape index (κ2) is 6.20. The van der Waals surface area contributed by atoms with Crippen LogP contribution in [-0.4, -0.2) is 0 Å². The van der Waals surface area contributed by atoms with Gasteiger partial charge in [0.1, 0.15) is 5.82 Å². The van der Waals surface area contributed by atoms with Gasteiger partial charge >= 0.3 is 0 Å². The molecule has 0 radical (unpaired) electrons. The molecule has 1 nitrogen and oxygen atoms in total. The van der Waals surface area contributed by atoms with Gasteiger partial charge in [-0.15, -0.1) is 0 Å². The highest BCUT2D eigenvalue weighted by molar-refractivity contribution is 9.10. The molecule has 19 heavy (non-hydrogen) atoms. The molecule has 0 aliphatic carbocycles. The average Bonchev–Trinajstić information content (AvgIpc) is 2.41. The average molecular weight is 322 g/mol. The Morgan fingerprint density at radius 2 is 1.95 bits per heavy atom. The monoisotopic (exact) mass is 321 g/mol. The SMILES string of the molecule is CCc1cc(Br)ccc1NCc1ccc(F)c(C)c1. The fourth-order valence-corrected chi connectivity index (χ4v) is 2.45. The number of rotatable bonds is 4. The van der Waals surface area contributed by atoms with Gasteiger partial charge in [0.15, 0.2) is 0 Å². The van der Waals surface area contributed by atoms with E-state index in [9.17, 15) is 4.39 Å². The molecule has 2 aromatic carbocycles. The Bertz CT molecular complexity index is 581. The number of halogens is 2. The van der Waals surface area contributed by atoms with Gasteiger partial charge in [0.05, 0.1) is 0 Å². The van der Waals surface area contributed by atoms with Gasteiger partial charge in [-0.2, -0.15) is 0 Å². The van der Waals surface area contributed by atoms with E-state index in [0.29, 0.717) is 12.1 Å². The zero-order chi connectivity index (χ0) is 13.8. The van der Waals surface area contributed by atoms with Crippen LogP contribution in [0.3, 0.4) is 0 Å². The molecule has 0 heterocycles. The van der Waals surface area contributed by atoms with E-state index in [-0.39, 0.29) is 5.82 Å². The van der Waals surface area contributed by atoms with Crippen molar-refractivity contribution in [3.05, 3.63) is 63.4 Å². The molecule has 0 amide bonds. The lowest BCUT2D eigenvalue weighted by Crippen LogP contribution is -2.02. The quantitative estimate of drug-likeness (QED) is 0.828. The summed E-state index contributed by atoms with van der Waals surface area (Å²) >= 11 is 3.48. The van der Waals surface area contributed by atoms with E-state index >= 15 is 0 Å². The predicted molar refractivity (Wildman–Crippen MR) is 82.0 cm³/mol. The third-order valence-corrected chi connectivity index (χ3v) is 3.65. The molecule has 0 saturated heterocycles. The van der Waals surface area contributed by atoms with Crippen molar-refractivity contribution in [3.63, 3.8) is 0 Å². The van der Waals surface area contributed by atoms with Crippen LogP contribution in [0.25, 0.3) is 0 Å². The number of hydrogen-bond donors (Lipinski definition) is 1. The Morgan fingerprint density at radius 3 is 2.63 bits per heavy atom. The van der Waals surface area contributed by atoms with E-state index in [4.69, 9.17) is 0 Å². The van der Waals surface area contributed by atoms with Crippen molar-refractivity contribution in [1.82, 2.24) is 0 Å². The minimum absolute atomic E-state index is 0.151. The Hall–Kier alpha value is -1.35. The molecule has 0 aliphatic rings. The van der Waals surface area contributed by atoms with E-state index in [1.807, 2.05) is 18.2 Å². The smallest absolute Gasteiger partial charge is 0.126 e. The van der Waals surface area contributed by atoms with E-state index in [1.165, 1.54) is 11.6 Å². The molecule has 2 aromatic rings. The summed E-state index contributed by atoms with van der Waals surface area (Å²) in [6.07, 6.45) is 0.976. The Labute approximate surface area is 122 Å². The van der Waals surface area contributed by atoms with Gasteiger partial charge in [-0.05, 0) is 54.3 Å². The van der Waals surface area contributed by atoms with Crippen LogP contribution in [0.4, 0.5) is 10.1 Å². The molecule has 0 atom stereocenters. The van der Waals surface area contributed by atoms with Crippen LogP contribution in [0.2, 0.25) is 0 Å². The van der Waals surface area contributed by atoms with Crippen molar-refractivity contribution < 1.29 is 4.39 Å². The first-order chi connectivity index (χ1) is 9.10. The number of benzene rings is 2. The minimum Gasteiger partial charge on any atom is -0.381 e. The standard InChI is InChI=1S/C16H17BrFN/c1-3-13-9-14(17)5-7-16(13)19-10-12-4-6-15(18)11(2)8-12/h4-9,19H,3,10H2,1-2H3. The molecule has 2 rings (SSSR count). The second-order valence-corrected chi connectivity index (χ2v) is 5.51. The fourth-order valence-electron chi connectivity index (χ4n) is 2.04. The highest BCUT2D eigenvalue weighted by Crippen LogP contribution is 2.22. The molecule has 0 fully saturated rings. The van der Waals surface area contributed by atoms with Crippen molar-refractivity contribution in [2.24, 2.45) is 0 Å². The van der Waals surface area contributed by atoms with Crippen LogP contribution in [0.1, 0.15) is 23.6 Å². The molecule has 0 aliphatic heterocycles. The maximum Gasteiger partial charge on any atom is 0.126 e. The molecule has 1 N–H and O–H groups in total. The lowest BCUT2D eigenvalue weighted by Gasteiger charge is -2.12. The fraction of sp³-hybridized carbons (Fsp3) is 0.250.